The van der Waals surface area contributed by atoms with Crippen LogP contribution in [0.2, 0.25) is 0 Å². The maximum absolute atomic E-state index is 5.77. The van der Waals surface area contributed by atoms with Crippen LogP contribution in [0.1, 0.15) is 12.0 Å². The molecule has 1 aromatic rings. The van der Waals surface area contributed by atoms with Crippen LogP contribution in [0.5, 0.6) is 0 Å². The SMILES string of the molecule is CN1CCN(C)C(CC(Cc2ccccc2Br)NN)C1. The van der Waals surface area contributed by atoms with Crippen LogP contribution in [0, 0.1) is 0 Å². The standard InChI is InChI=1S/C15H25BrN4/c1-19-7-8-20(2)14(11-19)10-13(18-17)9-12-5-3-4-6-15(12)16/h3-6,13-14,18H,7-11,17H2,1-2H3. The molecule has 1 fully saturated rings. The molecule has 0 aliphatic carbocycles. The highest BCUT2D eigenvalue weighted by molar-refractivity contribution is 9.10. The van der Waals surface area contributed by atoms with Crippen LogP contribution in [0.4, 0.5) is 0 Å². The summed E-state index contributed by atoms with van der Waals surface area (Å²) >= 11 is 3.61. The second-order valence-electron chi connectivity index (χ2n) is 5.79. The Morgan fingerprint density at radius 3 is 2.80 bits per heavy atom. The Kier molecular flexibility index (Phi) is 5.99. The van der Waals surface area contributed by atoms with Crippen molar-refractivity contribution in [1.82, 2.24) is 15.2 Å². The monoisotopic (exact) mass is 340 g/mol. The second-order valence-corrected chi connectivity index (χ2v) is 6.65. The molecule has 1 heterocycles. The van der Waals surface area contributed by atoms with Gasteiger partial charge in [-0.05, 0) is 38.6 Å². The lowest BCUT2D eigenvalue weighted by atomic mass is 9.98. The molecule has 0 bridgehead atoms. The molecule has 1 saturated heterocycles. The molecular formula is C15H25BrN4. The molecular weight excluding hydrogens is 316 g/mol. The molecule has 0 radical (unpaired) electrons. The first-order chi connectivity index (χ1) is 9.60. The Morgan fingerprint density at radius 2 is 2.10 bits per heavy atom. The summed E-state index contributed by atoms with van der Waals surface area (Å²) in [5.74, 6) is 5.77. The summed E-state index contributed by atoms with van der Waals surface area (Å²) in [6, 6.07) is 9.23. The lowest BCUT2D eigenvalue weighted by Gasteiger charge is -2.39. The van der Waals surface area contributed by atoms with Crippen LogP contribution in [-0.4, -0.2) is 55.6 Å². The van der Waals surface area contributed by atoms with Gasteiger partial charge in [0.2, 0.25) is 0 Å². The Balaban J connectivity index is 1.96. The first-order valence-corrected chi connectivity index (χ1v) is 7.97. The van der Waals surface area contributed by atoms with Crippen molar-refractivity contribution in [3.63, 3.8) is 0 Å². The van der Waals surface area contributed by atoms with Crippen molar-refractivity contribution in [2.75, 3.05) is 33.7 Å². The first-order valence-electron chi connectivity index (χ1n) is 7.18. The van der Waals surface area contributed by atoms with Gasteiger partial charge in [0.25, 0.3) is 0 Å². The predicted molar refractivity (Wildman–Crippen MR) is 87.5 cm³/mol. The van der Waals surface area contributed by atoms with E-state index >= 15 is 0 Å². The van der Waals surface area contributed by atoms with Crippen molar-refractivity contribution in [2.24, 2.45) is 5.84 Å². The van der Waals surface area contributed by atoms with E-state index in [0.717, 1.165) is 36.9 Å². The van der Waals surface area contributed by atoms with Gasteiger partial charge in [-0.2, -0.15) is 0 Å². The molecule has 0 amide bonds. The number of benzene rings is 1. The van der Waals surface area contributed by atoms with Crippen molar-refractivity contribution < 1.29 is 0 Å². The van der Waals surface area contributed by atoms with E-state index in [1.165, 1.54) is 5.56 Å². The number of hydrogen-bond donors (Lipinski definition) is 2. The minimum absolute atomic E-state index is 0.299. The highest BCUT2D eigenvalue weighted by Gasteiger charge is 2.25. The summed E-state index contributed by atoms with van der Waals surface area (Å²) < 4.78 is 1.16. The zero-order valence-electron chi connectivity index (χ0n) is 12.3. The van der Waals surface area contributed by atoms with Gasteiger partial charge < -0.3 is 9.80 Å². The Labute approximate surface area is 130 Å². The molecule has 4 nitrogen and oxygen atoms in total. The summed E-state index contributed by atoms with van der Waals surface area (Å²) in [5.41, 5.74) is 4.30. The summed E-state index contributed by atoms with van der Waals surface area (Å²) in [6.07, 6.45) is 2.02. The number of piperazine rings is 1. The van der Waals surface area contributed by atoms with Gasteiger partial charge in [-0.25, -0.2) is 0 Å². The van der Waals surface area contributed by atoms with Gasteiger partial charge in [-0.3, -0.25) is 11.3 Å². The molecule has 1 aromatic carbocycles. The molecule has 0 aromatic heterocycles. The van der Waals surface area contributed by atoms with Gasteiger partial charge in [-0.1, -0.05) is 34.1 Å². The van der Waals surface area contributed by atoms with E-state index in [1.807, 2.05) is 6.07 Å². The average Bonchev–Trinajstić information content (AvgIpc) is 2.44. The normalized spacial score (nSPS) is 22.9. The fourth-order valence-electron chi connectivity index (χ4n) is 2.82. The predicted octanol–water partition coefficient (Wildman–Crippen LogP) is 1.46. The second kappa shape index (κ2) is 7.52. The van der Waals surface area contributed by atoms with Gasteiger partial charge in [0, 0.05) is 36.2 Å². The van der Waals surface area contributed by atoms with Crippen molar-refractivity contribution in [3.8, 4) is 0 Å². The van der Waals surface area contributed by atoms with E-state index in [-0.39, 0.29) is 0 Å². The zero-order valence-corrected chi connectivity index (χ0v) is 13.9. The highest BCUT2D eigenvalue weighted by Crippen LogP contribution is 2.20. The number of rotatable bonds is 5. The molecule has 1 aliphatic heterocycles. The van der Waals surface area contributed by atoms with Crippen molar-refractivity contribution >= 4 is 15.9 Å². The highest BCUT2D eigenvalue weighted by atomic mass is 79.9. The molecule has 2 atom stereocenters. The zero-order chi connectivity index (χ0) is 14.5. The molecule has 0 spiro atoms. The van der Waals surface area contributed by atoms with Gasteiger partial charge in [-0.15, -0.1) is 0 Å². The van der Waals surface area contributed by atoms with Crippen LogP contribution in [-0.2, 0) is 6.42 Å². The molecule has 5 heteroatoms. The van der Waals surface area contributed by atoms with Gasteiger partial charge in [0.15, 0.2) is 0 Å². The van der Waals surface area contributed by atoms with Gasteiger partial charge >= 0.3 is 0 Å². The Hall–Kier alpha value is -0.460. The maximum atomic E-state index is 5.77. The third kappa shape index (κ3) is 4.27. The van der Waals surface area contributed by atoms with E-state index in [2.05, 4.69) is 63.4 Å². The van der Waals surface area contributed by atoms with E-state index in [9.17, 15) is 0 Å². The van der Waals surface area contributed by atoms with Crippen LogP contribution >= 0.6 is 15.9 Å². The molecule has 0 saturated carbocycles. The minimum Gasteiger partial charge on any atom is -0.304 e. The maximum Gasteiger partial charge on any atom is 0.0266 e. The lowest BCUT2D eigenvalue weighted by Crippen LogP contribution is -2.53. The van der Waals surface area contributed by atoms with Crippen molar-refractivity contribution in [1.29, 1.82) is 0 Å². The minimum atomic E-state index is 0.299. The third-order valence-corrected chi connectivity index (χ3v) is 4.97. The summed E-state index contributed by atoms with van der Waals surface area (Å²) in [6.45, 7) is 3.40. The molecule has 1 aliphatic rings. The fourth-order valence-corrected chi connectivity index (χ4v) is 3.27. The topological polar surface area (TPSA) is 44.5 Å². The van der Waals surface area contributed by atoms with Crippen molar-refractivity contribution in [2.45, 2.75) is 24.9 Å². The number of hydrogen-bond acceptors (Lipinski definition) is 4. The third-order valence-electron chi connectivity index (χ3n) is 4.20. The van der Waals surface area contributed by atoms with Gasteiger partial charge in [0.05, 0.1) is 0 Å². The Bertz CT molecular complexity index is 426. The van der Waals surface area contributed by atoms with Crippen LogP contribution in [0.3, 0.4) is 0 Å². The van der Waals surface area contributed by atoms with Gasteiger partial charge in [0.1, 0.15) is 0 Å². The number of halogens is 1. The number of hydrazine groups is 1. The van der Waals surface area contributed by atoms with Crippen molar-refractivity contribution in [3.05, 3.63) is 34.3 Å². The molecule has 2 unspecified atom stereocenters. The number of likely N-dealkylation sites (N-methyl/N-ethyl adjacent to an activating group) is 2. The smallest absolute Gasteiger partial charge is 0.0266 e. The molecule has 3 N–H and O–H groups in total. The van der Waals surface area contributed by atoms with E-state index in [4.69, 9.17) is 5.84 Å². The largest absolute Gasteiger partial charge is 0.304 e. The summed E-state index contributed by atoms with van der Waals surface area (Å²) in [5, 5.41) is 0. The molecule has 20 heavy (non-hydrogen) atoms. The number of nitrogens with two attached hydrogens (primary N) is 1. The van der Waals surface area contributed by atoms with E-state index < -0.39 is 0 Å². The Morgan fingerprint density at radius 1 is 1.35 bits per heavy atom. The van der Waals surface area contributed by atoms with Crippen LogP contribution < -0.4 is 11.3 Å². The number of nitrogens with zero attached hydrogens (tertiary/aromatic N) is 2. The average molecular weight is 341 g/mol. The molecule has 112 valence electrons. The first kappa shape index (κ1) is 15.9. The van der Waals surface area contributed by atoms with Crippen LogP contribution in [0.25, 0.3) is 0 Å². The quantitative estimate of drug-likeness (QED) is 0.629. The van der Waals surface area contributed by atoms with E-state index in [0.29, 0.717) is 12.1 Å². The number of nitrogens with one attached hydrogen (secondary N) is 1. The summed E-state index contributed by atoms with van der Waals surface area (Å²) in [7, 11) is 4.41. The molecule has 2 rings (SSSR count). The van der Waals surface area contributed by atoms with E-state index in [1.54, 1.807) is 0 Å². The lowest BCUT2D eigenvalue weighted by molar-refractivity contribution is 0.101. The van der Waals surface area contributed by atoms with Crippen LogP contribution in [0.15, 0.2) is 28.7 Å². The fraction of sp³-hybridized carbons (Fsp3) is 0.600. The summed E-state index contributed by atoms with van der Waals surface area (Å²) in [4.78, 5) is 4.85.